The van der Waals surface area contributed by atoms with Crippen LogP contribution in [0.4, 0.5) is 5.95 Å². The van der Waals surface area contributed by atoms with Crippen LogP contribution in [0.3, 0.4) is 0 Å². The minimum atomic E-state index is -3.26. The fourth-order valence-electron chi connectivity index (χ4n) is 3.42. The van der Waals surface area contributed by atoms with Crippen LogP contribution in [0.25, 0.3) is 10.9 Å². The first-order valence-corrected chi connectivity index (χ1v) is 11.1. The Labute approximate surface area is 167 Å². The second kappa shape index (κ2) is 6.56. The maximum Gasteiger partial charge on any atom is 0.253 e. The van der Waals surface area contributed by atoms with Crippen LogP contribution in [-0.2, 0) is 14.6 Å². The molecule has 0 aliphatic heterocycles. The number of fused-ring (bicyclic) bond motifs is 1. The molecule has 2 heterocycles. The predicted molar refractivity (Wildman–Crippen MR) is 109 cm³/mol. The van der Waals surface area contributed by atoms with Gasteiger partial charge in [-0.3, -0.25) is 4.79 Å². The van der Waals surface area contributed by atoms with Gasteiger partial charge in [0.2, 0.25) is 5.95 Å². The van der Waals surface area contributed by atoms with Crippen LogP contribution < -0.4 is 10.9 Å². The molecule has 4 rings (SSSR count). The molecule has 2 aromatic heterocycles. The first-order valence-electron chi connectivity index (χ1n) is 8.82. The van der Waals surface area contributed by atoms with Gasteiger partial charge in [-0.25, -0.2) is 18.4 Å². The maximum absolute atomic E-state index is 12.5. The van der Waals surface area contributed by atoms with Crippen LogP contribution in [0, 0.1) is 0 Å². The number of rotatable bonds is 5. The Morgan fingerprint density at radius 3 is 2.71 bits per heavy atom. The number of benzene rings is 1. The molecule has 3 aromatic rings. The molecule has 0 radical (unpaired) electrons. The molecule has 0 saturated heterocycles. The minimum Gasteiger partial charge on any atom is -0.347 e. The average Bonchev–Trinajstić information content (AvgIpc) is 3.44. The van der Waals surface area contributed by atoms with Crippen LogP contribution in [0.15, 0.2) is 41.3 Å². The minimum absolute atomic E-state index is 0.258. The van der Waals surface area contributed by atoms with E-state index in [-0.39, 0.29) is 11.5 Å². The number of para-hydroxylation sites is 1. The molecule has 1 aromatic carbocycles. The van der Waals surface area contributed by atoms with E-state index in [2.05, 4.69) is 20.3 Å². The van der Waals surface area contributed by atoms with Gasteiger partial charge in [0.1, 0.15) is 4.75 Å². The third-order valence-corrected chi connectivity index (χ3v) is 7.56. The SMILES string of the molecule is C[C@H](Nc1nccc(C2(S(C)(=O)=O)CC2)n1)c1cc2cccc(Cl)c2[nH]c1=O. The average molecular weight is 419 g/mol. The lowest BCUT2D eigenvalue weighted by Gasteiger charge is -2.17. The molecular formula is C19H19ClN4O3S. The molecule has 1 atom stereocenters. The third kappa shape index (κ3) is 3.16. The zero-order valence-corrected chi connectivity index (χ0v) is 16.9. The summed E-state index contributed by atoms with van der Waals surface area (Å²) in [6.45, 7) is 1.82. The van der Waals surface area contributed by atoms with Gasteiger partial charge in [-0.05, 0) is 38.0 Å². The van der Waals surface area contributed by atoms with Crippen molar-refractivity contribution in [3.63, 3.8) is 0 Å². The number of nitrogens with zero attached hydrogens (tertiary/aromatic N) is 2. The van der Waals surface area contributed by atoms with Gasteiger partial charge in [-0.15, -0.1) is 0 Å². The van der Waals surface area contributed by atoms with Crippen LogP contribution >= 0.6 is 11.6 Å². The standard InChI is InChI=1S/C19H19ClN4O3S/c1-11(13-10-12-4-3-5-14(20)16(12)24-17(13)25)22-18-21-9-6-15(23-18)19(7-8-19)28(2,26)27/h3-6,9-11H,7-8H2,1-2H3,(H,24,25)(H,21,22,23)/t11-/m0/s1. The van der Waals surface area contributed by atoms with Crippen molar-refractivity contribution in [2.75, 3.05) is 11.6 Å². The van der Waals surface area contributed by atoms with Crippen molar-refractivity contribution in [2.24, 2.45) is 0 Å². The van der Waals surface area contributed by atoms with E-state index >= 15 is 0 Å². The van der Waals surface area contributed by atoms with Gasteiger partial charge < -0.3 is 10.3 Å². The second-order valence-corrected chi connectivity index (χ2v) is 9.89. The van der Waals surface area contributed by atoms with E-state index in [1.807, 2.05) is 19.1 Å². The molecule has 146 valence electrons. The lowest BCUT2D eigenvalue weighted by Crippen LogP contribution is -2.23. The highest BCUT2D eigenvalue weighted by Crippen LogP contribution is 2.51. The monoisotopic (exact) mass is 418 g/mol. The van der Waals surface area contributed by atoms with Crippen molar-refractivity contribution in [3.05, 3.63) is 63.2 Å². The topological polar surface area (TPSA) is 105 Å². The lowest BCUT2D eigenvalue weighted by molar-refractivity contribution is 0.584. The van der Waals surface area contributed by atoms with Crippen LogP contribution in [0.2, 0.25) is 5.02 Å². The Hall–Kier alpha value is -2.45. The number of hydrogen-bond acceptors (Lipinski definition) is 6. The molecular weight excluding hydrogens is 400 g/mol. The summed E-state index contributed by atoms with van der Waals surface area (Å²) in [5, 5.41) is 4.40. The van der Waals surface area contributed by atoms with E-state index in [0.29, 0.717) is 34.6 Å². The number of aromatic nitrogens is 3. The van der Waals surface area contributed by atoms with Crippen molar-refractivity contribution in [2.45, 2.75) is 30.6 Å². The normalized spacial score (nSPS) is 16.7. The molecule has 7 nitrogen and oxygen atoms in total. The highest BCUT2D eigenvalue weighted by Gasteiger charge is 2.55. The van der Waals surface area contributed by atoms with Crippen molar-refractivity contribution in [1.29, 1.82) is 0 Å². The molecule has 9 heteroatoms. The molecule has 1 saturated carbocycles. The quantitative estimate of drug-likeness (QED) is 0.659. The Morgan fingerprint density at radius 1 is 1.29 bits per heavy atom. The zero-order chi connectivity index (χ0) is 20.1. The Balaban J connectivity index is 1.66. The first-order chi connectivity index (χ1) is 13.2. The van der Waals surface area contributed by atoms with Crippen molar-refractivity contribution in [3.8, 4) is 0 Å². The molecule has 0 bridgehead atoms. The van der Waals surface area contributed by atoms with Gasteiger partial charge in [0.05, 0.1) is 22.3 Å². The summed E-state index contributed by atoms with van der Waals surface area (Å²) in [7, 11) is -3.26. The van der Waals surface area contributed by atoms with Crippen molar-refractivity contribution in [1.82, 2.24) is 15.0 Å². The highest BCUT2D eigenvalue weighted by atomic mass is 35.5. The van der Waals surface area contributed by atoms with Gasteiger partial charge in [0.25, 0.3) is 5.56 Å². The van der Waals surface area contributed by atoms with E-state index in [0.717, 1.165) is 5.39 Å². The molecule has 1 aliphatic carbocycles. The number of hydrogen-bond donors (Lipinski definition) is 2. The van der Waals surface area contributed by atoms with Gasteiger partial charge in [0, 0.05) is 23.4 Å². The Bertz CT molecular complexity index is 1240. The van der Waals surface area contributed by atoms with Crippen LogP contribution in [0.5, 0.6) is 0 Å². The van der Waals surface area contributed by atoms with Gasteiger partial charge in [0.15, 0.2) is 9.84 Å². The number of halogens is 1. The number of anilines is 1. The van der Waals surface area contributed by atoms with Crippen molar-refractivity contribution < 1.29 is 8.42 Å². The fourth-order valence-corrected chi connectivity index (χ4v) is 4.98. The summed E-state index contributed by atoms with van der Waals surface area (Å²) < 4.78 is 23.4. The fraction of sp³-hybridized carbons (Fsp3) is 0.316. The number of pyridine rings is 1. The Morgan fingerprint density at radius 2 is 2.04 bits per heavy atom. The number of nitrogens with one attached hydrogen (secondary N) is 2. The second-order valence-electron chi connectivity index (χ2n) is 7.16. The Kier molecular flexibility index (Phi) is 4.43. The lowest BCUT2D eigenvalue weighted by atomic mass is 10.1. The molecule has 2 N–H and O–H groups in total. The van der Waals surface area contributed by atoms with E-state index in [4.69, 9.17) is 11.6 Å². The van der Waals surface area contributed by atoms with E-state index in [1.165, 1.54) is 12.5 Å². The summed E-state index contributed by atoms with van der Waals surface area (Å²) in [5.74, 6) is 0.283. The zero-order valence-electron chi connectivity index (χ0n) is 15.4. The summed E-state index contributed by atoms with van der Waals surface area (Å²) in [5.41, 5.74) is 1.32. The van der Waals surface area contributed by atoms with E-state index < -0.39 is 20.6 Å². The predicted octanol–water partition coefficient (Wildman–Crippen LogP) is 3.18. The van der Waals surface area contributed by atoms with Gasteiger partial charge in [-0.2, -0.15) is 0 Å². The maximum atomic E-state index is 12.5. The summed E-state index contributed by atoms with van der Waals surface area (Å²) in [4.78, 5) is 23.9. The van der Waals surface area contributed by atoms with Crippen LogP contribution in [0.1, 0.15) is 37.1 Å². The van der Waals surface area contributed by atoms with E-state index in [1.54, 1.807) is 18.2 Å². The largest absolute Gasteiger partial charge is 0.347 e. The first kappa shape index (κ1) is 18.9. The number of H-pyrrole nitrogens is 1. The molecule has 1 fully saturated rings. The van der Waals surface area contributed by atoms with E-state index in [9.17, 15) is 13.2 Å². The van der Waals surface area contributed by atoms with Gasteiger partial charge >= 0.3 is 0 Å². The van der Waals surface area contributed by atoms with Crippen molar-refractivity contribution >= 4 is 38.3 Å². The third-order valence-electron chi connectivity index (χ3n) is 5.21. The summed E-state index contributed by atoms with van der Waals surface area (Å²) in [6, 6.07) is 8.42. The molecule has 1 aliphatic rings. The summed E-state index contributed by atoms with van der Waals surface area (Å²) >= 11 is 6.14. The van der Waals surface area contributed by atoms with Gasteiger partial charge in [-0.1, -0.05) is 23.7 Å². The molecule has 0 amide bonds. The highest BCUT2D eigenvalue weighted by molar-refractivity contribution is 7.91. The number of aromatic amines is 1. The van der Waals surface area contributed by atoms with Crippen LogP contribution in [-0.4, -0.2) is 29.6 Å². The molecule has 0 unspecified atom stereocenters. The summed E-state index contributed by atoms with van der Waals surface area (Å²) in [6.07, 6.45) is 3.89. The molecule has 0 spiro atoms. The number of sulfone groups is 1. The smallest absolute Gasteiger partial charge is 0.253 e. The molecule has 28 heavy (non-hydrogen) atoms.